The second kappa shape index (κ2) is 4.34. The molecule has 0 aliphatic carbocycles. The van der Waals surface area contributed by atoms with Gasteiger partial charge in [0.15, 0.2) is 0 Å². The van der Waals surface area contributed by atoms with Crippen molar-refractivity contribution in [3.63, 3.8) is 0 Å². The third-order valence-corrected chi connectivity index (χ3v) is 4.04. The van der Waals surface area contributed by atoms with Gasteiger partial charge in [0.2, 0.25) is 5.91 Å². The minimum atomic E-state index is 0.194. The molecule has 3 aliphatic heterocycles. The minimum absolute atomic E-state index is 0.194. The zero-order valence-electron chi connectivity index (χ0n) is 9.58. The lowest BCUT2D eigenvalue weighted by Gasteiger charge is -2.25. The zero-order chi connectivity index (χ0) is 11.0. The first-order valence-electron chi connectivity index (χ1n) is 6.49. The van der Waals surface area contributed by atoms with Crippen LogP contribution in [-0.4, -0.2) is 36.7 Å². The lowest BCUT2D eigenvalue weighted by molar-refractivity contribution is -0.121. The average molecular weight is 224 g/mol. The molecule has 3 aliphatic rings. The van der Waals surface area contributed by atoms with Crippen LogP contribution >= 0.6 is 0 Å². The molecule has 0 aromatic heterocycles. The average Bonchev–Trinajstić information content (AvgIpc) is 2.80. The number of rotatable bonds is 2. The molecular formula is C12H20N2O2. The van der Waals surface area contributed by atoms with E-state index in [9.17, 15) is 4.79 Å². The van der Waals surface area contributed by atoms with Gasteiger partial charge in [-0.1, -0.05) is 0 Å². The molecule has 3 heterocycles. The summed E-state index contributed by atoms with van der Waals surface area (Å²) in [6.07, 6.45) is 7.29. The van der Waals surface area contributed by atoms with Gasteiger partial charge in [0.25, 0.3) is 0 Å². The first-order valence-corrected chi connectivity index (χ1v) is 6.49. The molecule has 4 unspecified atom stereocenters. The van der Waals surface area contributed by atoms with Gasteiger partial charge in [0.1, 0.15) is 0 Å². The van der Waals surface area contributed by atoms with Crippen LogP contribution in [0.15, 0.2) is 0 Å². The number of hydrogen-bond donors (Lipinski definition) is 2. The van der Waals surface area contributed by atoms with Crippen LogP contribution in [0.2, 0.25) is 0 Å². The molecule has 0 aromatic rings. The van der Waals surface area contributed by atoms with Gasteiger partial charge < -0.3 is 15.4 Å². The van der Waals surface area contributed by atoms with Crippen LogP contribution in [0.1, 0.15) is 38.5 Å². The molecule has 16 heavy (non-hydrogen) atoms. The summed E-state index contributed by atoms with van der Waals surface area (Å²) in [5, 5.41) is 6.56. The SMILES string of the molecule is O=C1CC(NC2CC3CCC2O3)CCCN1. The van der Waals surface area contributed by atoms with Crippen LogP contribution in [0, 0.1) is 0 Å². The summed E-state index contributed by atoms with van der Waals surface area (Å²) >= 11 is 0. The van der Waals surface area contributed by atoms with E-state index in [1.807, 2.05) is 0 Å². The molecule has 4 nitrogen and oxygen atoms in total. The standard InChI is InChI=1S/C12H20N2O2/c15-12-6-8(2-1-5-13-12)14-10-7-9-3-4-11(10)16-9/h8-11,14H,1-7H2,(H,13,15). The molecule has 3 rings (SSSR count). The lowest BCUT2D eigenvalue weighted by atomic mass is 9.94. The Bertz CT molecular complexity index is 282. The maximum absolute atomic E-state index is 11.4. The van der Waals surface area contributed by atoms with Crippen LogP contribution < -0.4 is 10.6 Å². The maximum atomic E-state index is 11.4. The van der Waals surface area contributed by atoms with E-state index in [1.54, 1.807) is 0 Å². The summed E-state index contributed by atoms with van der Waals surface area (Å²) in [6, 6.07) is 0.852. The highest BCUT2D eigenvalue weighted by Gasteiger charge is 2.41. The molecule has 4 heteroatoms. The van der Waals surface area contributed by atoms with Gasteiger partial charge in [0, 0.05) is 25.0 Å². The van der Waals surface area contributed by atoms with E-state index in [4.69, 9.17) is 4.74 Å². The Morgan fingerprint density at radius 2 is 2.25 bits per heavy atom. The van der Waals surface area contributed by atoms with Crippen LogP contribution in [0.5, 0.6) is 0 Å². The fraction of sp³-hybridized carbons (Fsp3) is 0.917. The van der Waals surface area contributed by atoms with Gasteiger partial charge in [0.05, 0.1) is 12.2 Å². The van der Waals surface area contributed by atoms with Crippen LogP contribution in [0.4, 0.5) is 0 Å². The van der Waals surface area contributed by atoms with E-state index in [0.29, 0.717) is 30.7 Å². The van der Waals surface area contributed by atoms with Gasteiger partial charge in [-0.3, -0.25) is 4.79 Å². The van der Waals surface area contributed by atoms with Gasteiger partial charge in [-0.05, 0) is 32.1 Å². The summed E-state index contributed by atoms with van der Waals surface area (Å²) in [5.74, 6) is 0.194. The summed E-state index contributed by atoms with van der Waals surface area (Å²) in [7, 11) is 0. The highest BCUT2D eigenvalue weighted by atomic mass is 16.5. The van der Waals surface area contributed by atoms with Crippen LogP contribution in [-0.2, 0) is 9.53 Å². The molecule has 0 aromatic carbocycles. The van der Waals surface area contributed by atoms with Crippen molar-refractivity contribution in [2.75, 3.05) is 6.54 Å². The van der Waals surface area contributed by atoms with E-state index in [0.717, 1.165) is 25.8 Å². The third kappa shape index (κ3) is 2.09. The number of amides is 1. The second-order valence-corrected chi connectivity index (χ2v) is 5.28. The van der Waals surface area contributed by atoms with E-state index >= 15 is 0 Å². The first-order chi connectivity index (χ1) is 7.81. The van der Waals surface area contributed by atoms with E-state index < -0.39 is 0 Å². The molecule has 4 atom stereocenters. The highest BCUT2D eigenvalue weighted by Crippen LogP contribution is 2.34. The van der Waals surface area contributed by atoms with Crippen molar-refractivity contribution in [1.82, 2.24) is 10.6 Å². The second-order valence-electron chi connectivity index (χ2n) is 5.28. The molecular weight excluding hydrogens is 204 g/mol. The van der Waals surface area contributed by atoms with Crippen molar-refractivity contribution >= 4 is 5.91 Å². The van der Waals surface area contributed by atoms with Gasteiger partial charge in [-0.2, -0.15) is 0 Å². The molecule has 0 radical (unpaired) electrons. The maximum Gasteiger partial charge on any atom is 0.221 e. The van der Waals surface area contributed by atoms with Gasteiger partial charge in [-0.15, -0.1) is 0 Å². The van der Waals surface area contributed by atoms with E-state index in [-0.39, 0.29) is 5.91 Å². The number of nitrogens with one attached hydrogen (secondary N) is 2. The summed E-state index contributed by atoms with van der Waals surface area (Å²) in [5.41, 5.74) is 0. The van der Waals surface area contributed by atoms with Crippen molar-refractivity contribution in [3.8, 4) is 0 Å². The Hall–Kier alpha value is -0.610. The topological polar surface area (TPSA) is 50.4 Å². The number of carbonyl (C=O) groups excluding carboxylic acids is 1. The number of carbonyl (C=O) groups is 1. The smallest absolute Gasteiger partial charge is 0.221 e. The molecule has 1 amide bonds. The molecule has 3 fully saturated rings. The van der Waals surface area contributed by atoms with Crippen LogP contribution in [0.3, 0.4) is 0 Å². The Labute approximate surface area is 96.1 Å². The first kappa shape index (κ1) is 10.5. The zero-order valence-corrected chi connectivity index (χ0v) is 9.58. The fourth-order valence-electron chi connectivity index (χ4n) is 3.23. The highest BCUT2D eigenvalue weighted by molar-refractivity contribution is 5.76. The van der Waals surface area contributed by atoms with Crippen molar-refractivity contribution < 1.29 is 9.53 Å². The quantitative estimate of drug-likeness (QED) is 0.721. The van der Waals surface area contributed by atoms with E-state index in [2.05, 4.69) is 10.6 Å². The fourth-order valence-corrected chi connectivity index (χ4v) is 3.23. The summed E-state index contributed by atoms with van der Waals surface area (Å²) < 4.78 is 5.82. The van der Waals surface area contributed by atoms with Crippen molar-refractivity contribution in [3.05, 3.63) is 0 Å². The predicted molar refractivity (Wildman–Crippen MR) is 60.1 cm³/mol. The Kier molecular flexibility index (Phi) is 2.86. The number of fused-ring (bicyclic) bond motifs is 2. The molecule has 90 valence electrons. The van der Waals surface area contributed by atoms with Gasteiger partial charge >= 0.3 is 0 Å². The van der Waals surface area contributed by atoms with Crippen molar-refractivity contribution in [2.24, 2.45) is 0 Å². The predicted octanol–water partition coefficient (Wildman–Crippen LogP) is 0.565. The van der Waals surface area contributed by atoms with Crippen LogP contribution in [0.25, 0.3) is 0 Å². The third-order valence-electron chi connectivity index (χ3n) is 4.04. The normalized spacial score (nSPS) is 43.1. The molecule has 0 spiro atoms. The lowest BCUT2D eigenvalue weighted by Crippen LogP contribution is -2.44. The number of hydrogen-bond acceptors (Lipinski definition) is 3. The Morgan fingerprint density at radius 1 is 1.31 bits per heavy atom. The largest absolute Gasteiger partial charge is 0.373 e. The van der Waals surface area contributed by atoms with E-state index in [1.165, 1.54) is 12.8 Å². The van der Waals surface area contributed by atoms with Gasteiger partial charge in [-0.25, -0.2) is 0 Å². The number of ether oxygens (including phenoxy) is 1. The van der Waals surface area contributed by atoms with Crippen molar-refractivity contribution in [2.45, 2.75) is 62.8 Å². The van der Waals surface area contributed by atoms with Crippen molar-refractivity contribution in [1.29, 1.82) is 0 Å². The summed E-state index contributed by atoms with van der Waals surface area (Å²) in [6.45, 7) is 0.838. The molecule has 3 saturated heterocycles. The summed E-state index contributed by atoms with van der Waals surface area (Å²) in [4.78, 5) is 11.4. The monoisotopic (exact) mass is 224 g/mol. The molecule has 0 saturated carbocycles. The molecule has 2 bridgehead atoms. The Morgan fingerprint density at radius 3 is 3.00 bits per heavy atom. The Balaban J connectivity index is 1.55. The molecule has 2 N–H and O–H groups in total. The minimum Gasteiger partial charge on any atom is -0.373 e.